The predicted octanol–water partition coefficient (Wildman–Crippen LogP) is 1.22. The fraction of sp³-hybridized carbons (Fsp3) is 0.444. The zero-order valence-corrected chi connectivity index (χ0v) is 9.16. The van der Waals surface area contributed by atoms with Gasteiger partial charge in [-0.05, 0) is 28.4 Å². The second kappa shape index (κ2) is 3.74. The van der Waals surface area contributed by atoms with Crippen LogP contribution in [0.25, 0.3) is 0 Å². The largest absolute Gasteiger partial charge is 0.458 e. The van der Waals surface area contributed by atoms with Gasteiger partial charge < -0.3 is 15.1 Å². The predicted molar refractivity (Wildman–Crippen MR) is 54.9 cm³/mol. The van der Waals surface area contributed by atoms with E-state index in [2.05, 4.69) is 15.9 Å². The molecule has 0 aliphatic carbocycles. The summed E-state index contributed by atoms with van der Waals surface area (Å²) >= 11 is 3.26. The van der Waals surface area contributed by atoms with Crippen LogP contribution in [0.3, 0.4) is 0 Å². The van der Waals surface area contributed by atoms with Crippen molar-refractivity contribution in [2.24, 2.45) is 5.73 Å². The molecule has 0 bridgehead atoms. The van der Waals surface area contributed by atoms with E-state index >= 15 is 0 Å². The first-order valence-electron chi connectivity index (χ1n) is 4.46. The van der Waals surface area contributed by atoms with Gasteiger partial charge in [-0.25, -0.2) is 0 Å². The van der Waals surface area contributed by atoms with Crippen molar-refractivity contribution in [2.75, 3.05) is 13.1 Å². The Balaban J connectivity index is 2.13. The molecule has 1 aromatic heterocycles. The second-order valence-electron chi connectivity index (χ2n) is 3.40. The van der Waals surface area contributed by atoms with Crippen LogP contribution in [0.2, 0.25) is 0 Å². The van der Waals surface area contributed by atoms with Gasteiger partial charge >= 0.3 is 0 Å². The van der Waals surface area contributed by atoms with Gasteiger partial charge in [0.15, 0.2) is 0 Å². The average molecular weight is 259 g/mol. The topological polar surface area (TPSA) is 59.5 Å². The lowest BCUT2D eigenvalue weighted by atomic mass is 10.3. The van der Waals surface area contributed by atoms with Crippen molar-refractivity contribution in [3.63, 3.8) is 0 Å². The number of nitrogens with zero attached hydrogens (tertiary/aromatic N) is 1. The summed E-state index contributed by atoms with van der Waals surface area (Å²) in [4.78, 5) is 13.5. The molecule has 2 rings (SSSR count). The summed E-state index contributed by atoms with van der Waals surface area (Å²) in [7, 11) is 0. The third-order valence-corrected chi connectivity index (χ3v) is 2.95. The zero-order valence-electron chi connectivity index (χ0n) is 7.57. The number of hydrogen-bond donors (Lipinski definition) is 1. The number of amides is 1. The van der Waals surface area contributed by atoms with Gasteiger partial charge in [-0.3, -0.25) is 4.79 Å². The minimum absolute atomic E-state index is 0.0881. The van der Waals surface area contributed by atoms with Crippen LogP contribution in [0.15, 0.2) is 21.2 Å². The summed E-state index contributed by atoms with van der Waals surface area (Å²) < 4.78 is 5.79. The van der Waals surface area contributed by atoms with E-state index < -0.39 is 0 Å². The molecule has 5 heteroatoms. The highest BCUT2D eigenvalue weighted by Gasteiger charge is 2.27. The first kappa shape index (κ1) is 9.73. The van der Waals surface area contributed by atoms with Crippen LogP contribution in [0.1, 0.15) is 17.0 Å². The van der Waals surface area contributed by atoms with Gasteiger partial charge in [-0.1, -0.05) is 0 Å². The van der Waals surface area contributed by atoms with Gasteiger partial charge in [0, 0.05) is 19.1 Å². The van der Waals surface area contributed by atoms with Crippen LogP contribution in [0, 0.1) is 0 Å². The molecule has 76 valence electrons. The summed E-state index contributed by atoms with van der Waals surface area (Å²) in [6.45, 7) is 1.33. The number of carbonyl (C=O) groups is 1. The molecular weight excluding hydrogens is 248 g/mol. The molecule has 4 nitrogen and oxygen atoms in total. The highest BCUT2D eigenvalue weighted by Crippen LogP contribution is 2.21. The fourth-order valence-corrected chi connectivity index (χ4v) is 1.93. The fourth-order valence-electron chi connectivity index (χ4n) is 1.56. The molecule has 14 heavy (non-hydrogen) atoms. The molecule has 1 aliphatic heterocycles. The number of carbonyl (C=O) groups excluding carboxylic acids is 1. The molecule has 0 saturated carbocycles. The van der Waals surface area contributed by atoms with E-state index in [-0.39, 0.29) is 11.9 Å². The standard InChI is InChI=1S/C9H11BrN2O2/c10-7-2-4-14-8(7)9(13)12-3-1-6(11)5-12/h2,4,6H,1,3,5,11H2/t6-/m0/s1. The van der Waals surface area contributed by atoms with Gasteiger partial charge in [0.25, 0.3) is 5.91 Å². The van der Waals surface area contributed by atoms with E-state index in [9.17, 15) is 4.79 Å². The number of likely N-dealkylation sites (tertiary alicyclic amines) is 1. The number of nitrogens with two attached hydrogens (primary N) is 1. The Hall–Kier alpha value is -0.810. The van der Waals surface area contributed by atoms with Crippen molar-refractivity contribution in [3.8, 4) is 0 Å². The van der Waals surface area contributed by atoms with Crippen molar-refractivity contribution in [1.29, 1.82) is 0 Å². The summed E-state index contributed by atoms with van der Waals surface area (Å²) in [6.07, 6.45) is 2.36. The van der Waals surface area contributed by atoms with Crippen LogP contribution in [0.4, 0.5) is 0 Å². The maximum atomic E-state index is 11.8. The van der Waals surface area contributed by atoms with Crippen LogP contribution < -0.4 is 5.73 Å². The molecule has 0 unspecified atom stereocenters. The van der Waals surface area contributed by atoms with Gasteiger partial charge in [0.2, 0.25) is 5.76 Å². The maximum absolute atomic E-state index is 11.8. The Morgan fingerprint density at radius 1 is 1.71 bits per heavy atom. The van der Waals surface area contributed by atoms with Crippen molar-refractivity contribution < 1.29 is 9.21 Å². The van der Waals surface area contributed by atoms with Gasteiger partial charge in [0.05, 0.1) is 10.7 Å². The summed E-state index contributed by atoms with van der Waals surface area (Å²) in [5.41, 5.74) is 5.72. The molecule has 1 atom stereocenters. The van der Waals surface area contributed by atoms with E-state index in [1.54, 1.807) is 11.0 Å². The molecule has 2 N–H and O–H groups in total. The molecule has 0 spiro atoms. The Kier molecular flexibility index (Phi) is 2.60. The quantitative estimate of drug-likeness (QED) is 0.824. The minimum Gasteiger partial charge on any atom is -0.458 e. The number of rotatable bonds is 1. The normalized spacial score (nSPS) is 21.6. The molecular formula is C9H11BrN2O2. The first-order chi connectivity index (χ1) is 6.68. The maximum Gasteiger partial charge on any atom is 0.290 e. The minimum atomic E-state index is -0.0881. The summed E-state index contributed by atoms with van der Waals surface area (Å²) in [5.74, 6) is 0.272. The molecule has 1 aromatic rings. The number of halogens is 1. The Morgan fingerprint density at radius 3 is 3.00 bits per heavy atom. The monoisotopic (exact) mass is 258 g/mol. The highest BCUT2D eigenvalue weighted by molar-refractivity contribution is 9.10. The molecule has 1 amide bonds. The third kappa shape index (κ3) is 1.69. The lowest BCUT2D eigenvalue weighted by Crippen LogP contribution is -2.31. The van der Waals surface area contributed by atoms with E-state index in [1.165, 1.54) is 6.26 Å². The first-order valence-corrected chi connectivity index (χ1v) is 5.25. The Labute approximate surface area is 90.2 Å². The van der Waals surface area contributed by atoms with Crippen LogP contribution in [-0.2, 0) is 0 Å². The lowest BCUT2D eigenvalue weighted by molar-refractivity contribution is 0.0758. The van der Waals surface area contributed by atoms with Crippen LogP contribution in [-0.4, -0.2) is 29.9 Å². The molecule has 1 aliphatic rings. The lowest BCUT2D eigenvalue weighted by Gasteiger charge is -2.13. The average Bonchev–Trinajstić information content (AvgIpc) is 2.73. The van der Waals surface area contributed by atoms with E-state index in [0.29, 0.717) is 23.3 Å². The highest BCUT2D eigenvalue weighted by atomic mass is 79.9. The van der Waals surface area contributed by atoms with E-state index in [4.69, 9.17) is 10.2 Å². The van der Waals surface area contributed by atoms with Gasteiger partial charge in [-0.2, -0.15) is 0 Å². The van der Waals surface area contributed by atoms with Crippen molar-refractivity contribution in [1.82, 2.24) is 4.90 Å². The summed E-state index contributed by atoms with van der Waals surface area (Å²) in [5, 5.41) is 0. The summed E-state index contributed by atoms with van der Waals surface area (Å²) in [6, 6.07) is 1.82. The van der Waals surface area contributed by atoms with Crippen molar-refractivity contribution in [2.45, 2.75) is 12.5 Å². The van der Waals surface area contributed by atoms with Gasteiger partial charge in [-0.15, -0.1) is 0 Å². The third-order valence-electron chi connectivity index (χ3n) is 2.32. The second-order valence-corrected chi connectivity index (χ2v) is 4.25. The molecule has 1 fully saturated rings. The molecule has 0 radical (unpaired) electrons. The molecule has 1 saturated heterocycles. The Bertz CT molecular complexity index is 350. The SMILES string of the molecule is N[C@H]1CCN(C(=O)c2occc2Br)C1. The molecule has 2 heterocycles. The zero-order chi connectivity index (χ0) is 10.1. The number of hydrogen-bond acceptors (Lipinski definition) is 3. The van der Waals surface area contributed by atoms with Gasteiger partial charge in [0.1, 0.15) is 0 Å². The molecule has 0 aromatic carbocycles. The smallest absolute Gasteiger partial charge is 0.290 e. The number of furan rings is 1. The van der Waals surface area contributed by atoms with Crippen LogP contribution >= 0.6 is 15.9 Å². The van der Waals surface area contributed by atoms with Crippen LogP contribution in [0.5, 0.6) is 0 Å². The van der Waals surface area contributed by atoms with Crippen molar-refractivity contribution in [3.05, 3.63) is 22.6 Å². The Morgan fingerprint density at radius 2 is 2.50 bits per heavy atom. The van der Waals surface area contributed by atoms with E-state index in [0.717, 1.165) is 6.42 Å². The van der Waals surface area contributed by atoms with E-state index in [1.807, 2.05) is 0 Å². The van der Waals surface area contributed by atoms with Crippen molar-refractivity contribution >= 4 is 21.8 Å².